The van der Waals surface area contributed by atoms with Gasteiger partial charge in [-0.3, -0.25) is 19.5 Å². The second-order valence-corrected chi connectivity index (χ2v) is 7.38. The summed E-state index contributed by atoms with van der Waals surface area (Å²) in [6.45, 7) is 2.68. The summed E-state index contributed by atoms with van der Waals surface area (Å²) in [5.41, 5.74) is 5.39. The lowest BCUT2D eigenvalue weighted by molar-refractivity contribution is -0.119. The minimum atomic E-state index is -0.911. The summed E-state index contributed by atoms with van der Waals surface area (Å²) in [7, 11) is 0. The van der Waals surface area contributed by atoms with Gasteiger partial charge in [0.25, 0.3) is 5.56 Å². The van der Waals surface area contributed by atoms with Gasteiger partial charge >= 0.3 is 6.03 Å². The Kier molecular flexibility index (Phi) is 5.58. The summed E-state index contributed by atoms with van der Waals surface area (Å²) in [6, 6.07) is 6.17. The van der Waals surface area contributed by atoms with Crippen LogP contribution in [0.4, 0.5) is 4.79 Å². The van der Waals surface area contributed by atoms with Crippen molar-refractivity contribution in [3.63, 3.8) is 0 Å². The number of nitrogens with zero attached hydrogens (tertiary/aromatic N) is 2. The molecule has 0 saturated carbocycles. The van der Waals surface area contributed by atoms with Gasteiger partial charge in [-0.15, -0.1) is 0 Å². The van der Waals surface area contributed by atoms with Crippen molar-refractivity contribution < 1.29 is 14.3 Å². The number of carbonyl (C=O) groups excluding carboxylic acids is 2. The fourth-order valence-electron chi connectivity index (χ4n) is 2.83. The minimum absolute atomic E-state index is 0.0511. The number of hydrogen-bond donors (Lipinski definition) is 2. The van der Waals surface area contributed by atoms with Crippen molar-refractivity contribution in [2.45, 2.75) is 42.8 Å². The van der Waals surface area contributed by atoms with Crippen molar-refractivity contribution in [2.24, 2.45) is 5.73 Å². The van der Waals surface area contributed by atoms with E-state index in [9.17, 15) is 14.4 Å². The maximum absolute atomic E-state index is 12.9. The summed E-state index contributed by atoms with van der Waals surface area (Å²) in [6.07, 6.45) is 1.78. The predicted molar refractivity (Wildman–Crippen MR) is 98.0 cm³/mol. The van der Waals surface area contributed by atoms with Crippen LogP contribution in [0.25, 0.3) is 10.9 Å². The minimum Gasteiger partial charge on any atom is -0.376 e. The van der Waals surface area contributed by atoms with E-state index in [-0.39, 0.29) is 11.7 Å². The molecule has 0 bridgehead atoms. The summed E-state index contributed by atoms with van der Waals surface area (Å²) in [5, 5.41) is 2.33. The zero-order valence-electron chi connectivity index (χ0n) is 14.3. The molecule has 0 radical (unpaired) electrons. The lowest BCUT2D eigenvalue weighted by atomic mass is 10.2. The molecule has 3 amide bonds. The number of rotatable bonds is 5. The third kappa shape index (κ3) is 4.05. The first kappa shape index (κ1) is 18.4. The Morgan fingerprint density at radius 2 is 2.23 bits per heavy atom. The van der Waals surface area contributed by atoms with Crippen molar-refractivity contribution in [1.29, 1.82) is 0 Å². The summed E-state index contributed by atoms with van der Waals surface area (Å²) >= 11 is 1.11. The Hall–Kier alpha value is -2.39. The van der Waals surface area contributed by atoms with Gasteiger partial charge in [0.15, 0.2) is 5.16 Å². The molecule has 3 rings (SSSR count). The SMILES string of the molecule is C[C@@H](Sc1nc2ccccc2c(=O)n1C[C@H]1CCCO1)C(=O)NC(N)=O. The number of aromatic nitrogens is 2. The van der Waals surface area contributed by atoms with Gasteiger partial charge in [-0.05, 0) is 31.9 Å². The van der Waals surface area contributed by atoms with Gasteiger partial charge < -0.3 is 10.5 Å². The molecule has 1 aromatic heterocycles. The number of nitrogens with two attached hydrogens (primary N) is 1. The van der Waals surface area contributed by atoms with Crippen LogP contribution in [0, 0.1) is 0 Å². The lowest BCUT2D eigenvalue weighted by Gasteiger charge is -2.18. The number of nitrogens with one attached hydrogen (secondary N) is 1. The zero-order valence-corrected chi connectivity index (χ0v) is 15.1. The molecule has 138 valence electrons. The molecule has 8 nitrogen and oxygen atoms in total. The second kappa shape index (κ2) is 7.88. The molecule has 26 heavy (non-hydrogen) atoms. The number of thioether (sulfide) groups is 1. The van der Waals surface area contributed by atoms with Gasteiger partial charge in [0.2, 0.25) is 5.91 Å². The molecule has 2 aromatic rings. The van der Waals surface area contributed by atoms with Crippen LogP contribution in [0.2, 0.25) is 0 Å². The standard InChI is InChI=1S/C17H20N4O4S/c1-10(14(22)20-16(18)24)26-17-19-13-7-3-2-6-12(13)15(23)21(17)9-11-5-4-8-25-11/h2-3,6-7,10-11H,4-5,8-9H2,1H3,(H3,18,20,22,24)/t10-,11-/m1/s1. The van der Waals surface area contributed by atoms with Crippen molar-refractivity contribution in [1.82, 2.24) is 14.9 Å². The van der Waals surface area contributed by atoms with E-state index >= 15 is 0 Å². The van der Waals surface area contributed by atoms with Crippen molar-refractivity contribution in [3.8, 4) is 0 Å². The van der Waals surface area contributed by atoms with Crippen LogP contribution in [0.5, 0.6) is 0 Å². The van der Waals surface area contributed by atoms with E-state index < -0.39 is 17.2 Å². The number of carbonyl (C=O) groups is 2. The van der Waals surface area contributed by atoms with Crippen LogP contribution in [-0.4, -0.2) is 39.5 Å². The number of imide groups is 1. The van der Waals surface area contributed by atoms with Crippen LogP contribution in [0.1, 0.15) is 19.8 Å². The molecule has 3 N–H and O–H groups in total. The lowest BCUT2D eigenvalue weighted by Crippen LogP contribution is -2.39. The molecule has 2 atom stereocenters. The van der Waals surface area contributed by atoms with E-state index in [1.54, 1.807) is 35.8 Å². The van der Waals surface area contributed by atoms with E-state index in [4.69, 9.17) is 10.5 Å². The largest absolute Gasteiger partial charge is 0.376 e. The molecule has 0 unspecified atom stereocenters. The summed E-state index contributed by atoms with van der Waals surface area (Å²) in [4.78, 5) is 40.4. The maximum Gasteiger partial charge on any atom is 0.318 e. The van der Waals surface area contributed by atoms with Crippen molar-refractivity contribution in [3.05, 3.63) is 34.6 Å². The average molecular weight is 376 g/mol. The quantitative estimate of drug-likeness (QED) is 0.599. The fourth-order valence-corrected chi connectivity index (χ4v) is 3.74. The molecule has 1 aliphatic rings. The highest BCUT2D eigenvalue weighted by Crippen LogP contribution is 2.24. The third-order valence-electron chi connectivity index (χ3n) is 4.13. The molecule has 1 saturated heterocycles. The topological polar surface area (TPSA) is 116 Å². The van der Waals surface area contributed by atoms with Crippen LogP contribution < -0.4 is 16.6 Å². The normalized spacial score (nSPS) is 18.0. The molecule has 1 aromatic carbocycles. The molecular weight excluding hydrogens is 356 g/mol. The zero-order chi connectivity index (χ0) is 18.7. The highest BCUT2D eigenvalue weighted by molar-refractivity contribution is 8.00. The molecule has 0 spiro atoms. The number of urea groups is 1. The summed E-state index contributed by atoms with van der Waals surface area (Å²) in [5.74, 6) is -0.534. The second-order valence-electron chi connectivity index (χ2n) is 6.08. The number of primary amides is 1. The summed E-state index contributed by atoms with van der Waals surface area (Å²) < 4.78 is 7.20. The Morgan fingerprint density at radius 1 is 1.46 bits per heavy atom. The maximum atomic E-state index is 12.9. The van der Waals surface area contributed by atoms with E-state index in [0.29, 0.717) is 29.2 Å². The molecule has 1 aliphatic heterocycles. The van der Waals surface area contributed by atoms with Gasteiger partial charge in [0.05, 0.1) is 28.8 Å². The highest BCUT2D eigenvalue weighted by atomic mass is 32.2. The highest BCUT2D eigenvalue weighted by Gasteiger charge is 2.23. The molecule has 9 heteroatoms. The van der Waals surface area contributed by atoms with Gasteiger partial charge in [0, 0.05) is 6.61 Å². The molecule has 0 aliphatic carbocycles. The monoisotopic (exact) mass is 376 g/mol. The molecule has 1 fully saturated rings. The molecular formula is C17H20N4O4S. The van der Waals surface area contributed by atoms with Crippen LogP contribution in [0.15, 0.2) is 34.2 Å². The number of benzene rings is 1. The molecule has 2 heterocycles. The Labute approximate surface area is 154 Å². The van der Waals surface area contributed by atoms with Crippen LogP contribution in [-0.2, 0) is 16.1 Å². The first-order chi connectivity index (χ1) is 12.5. The van der Waals surface area contributed by atoms with Gasteiger partial charge in [-0.25, -0.2) is 9.78 Å². The predicted octanol–water partition coefficient (Wildman–Crippen LogP) is 1.25. The number of amides is 3. The van der Waals surface area contributed by atoms with Gasteiger partial charge in [0.1, 0.15) is 0 Å². The fraction of sp³-hybridized carbons (Fsp3) is 0.412. The Morgan fingerprint density at radius 3 is 2.92 bits per heavy atom. The van der Waals surface area contributed by atoms with Gasteiger partial charge in [-0.1, -0.05) is 23.9 Å². The van der Waals surface area contributed by atoms with E-state index in [1.807, 2.05) is 5.32 Å². The third-order valence-corrected chi connectivity index (χ3v) is 5.22. The Balaban J connectivity index is 1.97. The number of fused-ring (bicyclic) bond motifs is 1. The first-order valence-corrected chi connectivity index (χ1v) is 9.22. The van der Waals surface area contributed by atoms with E-state index in [2.05, 4.69) is 4.98 Å². The number of hydrogen-bond acceptors (Lipinski definition) is 6. The number of para-hydroxylation sites is 1. The Bertz CT molecular complexity index is 892. The van der Waals surface area contributed by atoms with E-state index in [0.717, 1.165) is 24.6 Å². The number of ether oxygens (including phenoxy) is 1. The van der Waals surface area contributed by atoms with Crippen molar-refractivity contribution >= 4 is 34.6 Å². The van der Waals surface area contributed by atoms with E-state index in [1.165, 1.54) is 0 Å². The van der Waals surface area contributed by atoms with Crippen LogP contribution >= 0.6 is 11.8 Å². The van der Waals surface area contributed by atoms with Gasteiger partial charge in [-0.2, -0.15) is 0 Å². The first-order valence-electron chi connectivity index (χ1n) is 8.34. The van der Waals surface area contributed by atoms with Crippen LogP contribution in [0.3, 0.4) is 0 Å². The van der Waals surface area contributed by atoms with Crippen molar-refractivity contribution in [2.75, 3.05) is 6.61 Å². The smallest absolute Gasteiger partial charge is 0.318 e. The average Bonchev–Trinajstić information content (AvgIpc) is 3.11.